The van der Waals surface area contributed by atoms with Gasteiger partial charge in [-0.2, -0.15) is 0 Å². The van der Waals surface area contributed by atoms with Gasteiger partial charge in [0.2, 0.25) is 11.9 Å². The third kappa shape index (κ3) is 4.62. The normalized spacial score (nSPS) is 17.0. The van der Waals surface area contributed by atoms with Crippen molar-refractivity contribution in [3.8, 4) is 0 Å². The molecule has 7 nitrogen and oxygen atoms in total. The Morgan fingerprint density at radius 3 is 2.60 bits per heavy atom. The highest BCUT2D eigenvalue weighted by Crippen LogP contribution is 2.22. The average Bonchev–Trinajstić information content (AvgIpc) is 2.79. The minimum absolute atomic E-state index is 0.0782. The number of H-pyrrole nitrogens is 1. The molecule has 1 amide bonds. The van der Waals surface area contributed by atoms with Crippen LogP contribution in [0.5, 0.6) is 0 Å². The molecule has 0 spiro atoms. The van der Waals surface area contributed by atoms with Crippen molar-refractivity contribution in [2.75, 3.05) is 44.3 Å². The lowest BCUT2D eigenvalue weighted by Crippen LogP contribution is -2.39. The van der Waals surface area contributed by atoms with Gasteiger partial charge >= 0.3 is 0 Å². The molecule has 30 heavy (non-hydrogen) atoms. The van der Waals surface area contributed by atoms with Gasteiger partial charge in [0.15, 0.2) is 0 Å². The second-order valence-corrected chi connectivity index (χ2v) is 7.74. The molecule has 2 aromatic rings. The van der Waals surface area contributed by atoms with E-state index in [2.05, 4.69) is 28.2 Å². The SMILES string of the molecule is Cc1nc(N2CCOCC2)[nH]c(=O)c1CCC(=O)N1CC=C(c2ccccc2)CC1. The minimum Gasteiger partial charge on any atom is -0.378 e. The highest BCUT2D eigenvalue weighted by molar-refractivity contribution is 5.78. The van der Waals surface area contributed by atoms with Crippen LogP contribution in [0, 0.1) is 6.92 Å². The molecule has 1 N–H and O–H groups in total. The van der Waals surface area contributed by atoms with E-state index in [9.17, 15) is 9.59 Å². The second-order valence-electron chi connectivity index (χ2n) is 7.74. The smallest absolute Gasteiger partial charge is 0.255 e. The predicted octanol–water partition coefficient (Wildman–Crippen LogP) is 2.16. The van der Waals surface area contributed by atoms with E-state index in [0.717, 1.165) is 6.42 Å². The Labute approximate surface area is 176 Å². The molecule has 4 rings (SSSR count). The molecule has 0 saturated carbocycles. The van der Waals surface area contributed by atoms with Crippen LogP contribution >= 0.6 is 0 Å². The largest absolute Gasteiger partial charge is 0.378 e. The van der Waals surface area contributed by atoms with Gasteiger partial charge in [-0.25, -0.2) is 4.98 Å². The van der Waals surface area contributed by atoms with Gasteiger partial charge in [0.25, 0.3) is 5.56 Å². The summed E-state index contributed by atoms with van der Waals surface area (Å²) in [7, 11) is 0. The zero-order valence-corrected chi connectivity index (χ0v) is 17.4. The minimum atomic E-state index is -0.151. The third-order valence-electron chi connectivity index (χ3n) is 5.82. The molecular formula is C23H28N4O3. The highest BCUT2D eigenvalue weighted by Gasteiger charge is 2.20. The van der Waals surface area contributed by atoms with Crippen molar-refractivity contribution in [1.82, 2.24) is 14.9 Å². The van der Waals surface area contributed by atoms with E-state index in [1.54, 1.807) is 0 Å². The lowest BCUT2D eigenvalue weighted by molar-refractivity contribution is -0.130. The second kappa shape index (κ2) is 9.26. The summed E-state index contributed by atoms with van der Waals surface area (Å²) in [6, 6.07) is 10.3. The van der Waals surface area contributed by atoms with Crippen LogP contribution in [-0.2, 0) is 16.0 Å². The maximum absolute atomic E-state index is 12.7. The number of benzene rings is 1. The van der Waals surface area contributed by atoms with Gasteiger partial charge in [0.05, 0.1) is 13.2 Å². The van der Waals surface area contributed by atoms with Crippen molar-refractivity contribution in [1.29, 1.82) is 0 Å². The third-order valence-corrected chi connectivity index (χ3v) is 5.82. The number of hydrogen-bond donors (Lipinski definition) is 1. The Hall–Kier alpha value is -2.93. The fraction of sp³-hybridized carbons (Fsp3) is 0.435. The van der Waals surface area contributed by atoms with Gasteiger partial charge in [0.1, 0.15) is 0 Å². The maximum Gasteiger partial charge on any atom is 0.255 e. The number of amides is 1. The number of nitrogens with one attached hydrogen (secondary N) is 1. The van der Waals surface area contributed by atoms with Crippen molar-refractivity contribution >= 4 is 17.4 Å². The van der Waals surface area contributed by atoms with Crippen molar-refractivity contribution in [3.05, 3.63) is 63.6 Å². The van der Waals surface area contributed by atoms with Crippen LogP contribution in [0.1, 0.15) is 29.7 Å². The number of aromatic nitrogens is 2. The summed E-state index contributed by atoms with van der Waals surface area (Å²) in [5.74, 6) is 0.667. The van der Waals surface area contributed by atoms with E-state index in [1.807, 2.05) is 34.9 Å². The summed E-state index contributed by atoms with van der Waals surface area (Å²) in [5, 5.41) is 0. The van der Waals surface area contributed by atoms with Gasteiger partial charge < -0.3 is 14.5 Å². The van der Waals surface area contributed by atoms with Crippen LogP contribution in [0.2, 0.25) is 0 Å². The van der Waals surface area contributed by atoms with Crippen LogP contribution in [0.15, 0.2) is 41.2 Å². The molecule has 2 aliphatic rings. The van der Waals surface area contributed by atoms with Crippen molar-refractivity contribution < 1.29 is 9.53 Å². The summed E-state index contributed by atoms with van der Waals surface area (Å²) >= 11 is 0. The first-order chi connectivity index (χ1) is 14.6. The van der Waals surface area contributed by atoms with E-state index in [1.165, 1.54) is 11.1 Å². The number of carbonyl (C=O) groups excluding carboxylic acids is 1. The summed E-state index contributed by atoms with van der Waals surface area (Å²) in [6.45, 7) is 5.87. The van der Waals surface area contributed by atoms with Crippen LogP contribution in [0.3, 0.4) is 0 Å². The van der Waals surface area contributed by atoms with E-state index >= 15 is 0 Å². The number of carbonyl (C=O) groups is 1. The van der Waals surface area contributed by atoms with E-state index in [4.69, 9.17) is 4.74 Å². The topological polar surface area (TPSA) is 78.5 Å². The fourth-order valence-corrected chi connectivity index (χ4v) is 4.02. The zero-order valence-electron chi connectivity index (χ0n) is 17.4. The summed E-state index contributed by atoms with van der Waals surface area (Å²) < 4.78 is 5.35. The molecule has 158 valence electrons. The molecule has 2 aliphatic heterocycles. The number of aromatic amines is 1. The first kappa shape index (κ1) is 20.3. The molecule has 0 unspecified atom stereocenters. The van der Waals surface area contributed by atoms with Gasteiger partial charge in [-0.3, -0.25) is 14.6 Å². The molecule has 3 heterocycles. The quantitative estimate of drug-likeness (QED) is 0.820. The molecular weight excluding hydrogens is 380 g/mol. The monoisotopic (exact) mass is 408 g/mol. The number of morpholine rings is 1. The van der Waals surface area contributed by atoms with Crippen LogP contribution < -0.4 is 10.5 Å². The molecule has 0 bridgehead atoms. The Balaban J connectivity index is 1.36. The van der Waals surface area contributed by atoms with E-state index in [0.29, 0.717) is 69.4 Å². The van der Waals surface area contributed by atoms with Gasteiger partial charge in [-0.1, -0.05) is 36.4 Å². The Morgan fingerprint density at radius 1 is 1.17 bits per heavy atom. The summed E-state index contributed by atoms with van der Waals surface area (Å²) in [4.78, 5) is 36.6. The van der Waals surface area contributed by atoms with E-state index in [-0.39, 0.29) is 11.5 Å². The molecule has 1 aromatic heterocycles. The lowest BCUT2D eigenvalue weighted by atomic mass is 9.99. The first-order valence-corrected chi connectivity index (χ1v) is 10.6. The number of ether oxygens (including phenoxy) is 1. The van der Waals surface area contributed by atoms with Crippen molar-refractivity contribution in [2.24, 2.45) is 0 Å². The molecule has 0 aliphatic carbocycles. The number of anilines is 1. The summed E-state index contributed by atoms with van der Waals surface area (Å²) in [5.41, 5.74) is 3.64. The van der Waals surface area contributed by atoms with Gasteiger partial charge in [-0.05, 0) is 30.9 Å². The molecule has 0 atom stereocenters. The standard InChI is InChI=1S/C23H28N4O3/c1-17-20(22(29)25-23(24-17)27-13-15-30-16-14-27)7-8-21(28)26-11-9-19(10-12-26)18-5-3-2-4-6-18/h2-6,9H,7-8,10-16H2,1H3,(H,24,25,29). The van der Waals surface area contributed by atoms with Crippen LogP contribution in [0.4, 0.5) is 5.95 Å². The van der Waals surface area contributed by atoms with Crippen molar-refractivity contribution in [3.63, 3.8) is 0 Å². The molecule has 0 radical (unpaired) electrons. The Bertz CT molecular complexity index is 978. The molecule has 1 saturated heterocycles. The van der Waals surface area contributed by atoms with Crippen LogP contribution in [-0.4, -0.2) is 60.2 Å². The lowest BCUT2D eigenvalue weighted by Gasteiger charge is -2.28. The fourth-order valence-electron chi connectivity index (χ4n) is 4.02. The molecule has 1 aromatic carbocycles. The van der Waals surface area contributed by atoms with Crippen LogP contribution in [0.25, 0.3) is 5.57 Å². The Kier molecular flexibility index (Phi) is 6.28. The number of aryl methyl sites for hydroxylation is 1. The predicted molar refractivity (Wildman–Crippen MR) is 117 cm³/mol. The Morgan fingerprint density at radius 2 is 1.93 bits per heavy atom. The molecule has 7 heteroatoms. The highest BCUT2D eigenvalue weighted by atomic mass is 16.5. The number of nitrogens with zero attached hydrogens (tertiary/aromatic N) is 3. The van der Waals surface area contributed by atoms with E-state index < -0.39 is 0 Å². The van der Waals surface area contributed by atoms with Gasteiger partial charge in [-0.15, -0.1) is 0 Å². The number of rotatable bonds is 5. The zero-order chi connectivity index (χ0) is 20.9. The van der Waals surface area contributed by atoms with Gasteiger partial charge in [0, 0.05) is 43.9 Å². The number of hydrogen-bond acceptors (Lipinski definition) is 5. The molecule has 1 fully saturated rings. The first-order valence-electron chi connectivity index (χ1n) is 10.6. The average molecular weight is 409 g/mol. The summed E-state index contributed by atoms with van der Waals surface area (Å²) in [6.07, 6.45) is 3.71. The van der Waals surface area contributed by atoms with Crippen molar-refractivity contribution in [2.45, 2.75) is 26.2 Å². The maximum atomic E-state index is 12.7.